The Hall–Kier alpha value is -3.22. The highest BCUT2D eigenvalue weighted by atomic mass is 19.1. The Labute approximate surface area is 144 Å². The zero-order chi connectivity index (χ0) is 17.8. The van der Waals surface area contributed by atoms with Crippen molar-refractivity contribution in [1.82, 2.24) is 20.1 Å². The van der Waals surface area contributed by atoms with Gasteiger partial charge in [-0.2, -0.15) is 5.10 Å². The first kappa shape index (κ1) is 16.6. The highest BCUT2D eigenvalue weighted by molar-refractivity contribution is 5.89. The van der Waals surface area contributed by atoms with Gasteiger partial charge in [-0.1, -0.05) is 18.2 Å². The van der Waals surface area contributed by atoms with Crippen LogP contribution in [0.2, 0.25) is 0 Å². The molecule has 7 heteroatoms. The molecule has 1 atom stereocenters. The van der Waals surface area contributed by atoms with Gasteiger partial charge in [-0.05, 0) is 38.1 Å². The Morgan fingerprint density at radius 3 is 2.68 bits per heavy atom. The monoisotopic (exact) mass is 339 g/mol. The molecule has 25 heavy (non-hydrogen) atoms. The fourth-order valence-electron chi connectivity index (χ4n) is 2.55. The third-order valence-corrected chi connectivity index (χ3v) is 3.85. The molecular formula is C18H18FN5O. The largest absolute Gasteiger partial charge is 0.331 e. The maximum atomic E-state index is 13.6. The third-order valence-electron chi connectivity index (χ3n) is 3.85. The van der Waals surface area contributed by atoms with Gasteiger partial charge in [0.15, 0.2) is 5.82 Å². The molecule has 2 amide bonds. The minimum Gasteiger partial charge on any atom is -0.331 e. The summed E-state index contributed by atoms with van der Waals surface area (Å²) in [5.41, 5.74) is 1.86. The van der Waals surface area contributed by atoms with Crippen LogP contribution in [0.4, 0.5) is 14.9 Å². The second-order valence-corrected chi connectivity index (χ2v) is 5.59. The summed E-state index contributed by atoms with van der Waals surface area (Å²) in [6, 6.07) is 10.8. The number of urea groups is 1. The van der Waals surface area contributed by atoms with Crippen molar-refractivity contribution in [1.29, 1.82) is 0 Å². The number of aromatic nitrogens is 3. The fraction of sp³-hybridized carbons (Fsp3) is 0.167. The first-order valence-corrected chi connectivity index (χ1v) is 7.84. The van der Waals surface area contributed by atoms with Crippen molar-refractivity contribution >= 4 is 11.7 Å². The lowest BCUT2D eigenvalue weighted by atomic mass is 10.1. The summed E-state index contributed by atoms with van der Waals surface area (Å²) in [5.74, 6) is 0.221. The summed E-state index contributed by atoms with van der Waals surface area (Å²) < 4.78 is 15.3. The fourth-order valence-corrected chi connectivity index (χ4v) is 2.55. The molecule has 0 fully saturated rings. The van der Waals surface area contributed by atoms with Crippen LogP contribution in [0.25, 0.3) is 5.82 Å². The second-order valence-electron chi connectivity index (χ2n) is 5.59. The van der Waals surface area contributed by atoms with Crippen molar-refractivity contribution in [2.75, 3.05) is 5.32 Å². The predicted molar refractivity (Wildman–Crippen MR) is 93.1 cm³/mol. The maximum absolute atomic E-state index is 13.6. The first-order chi connectivity index (χ1) is 12.1. The van der Waals surface area contributed by atoms with Gasteiger partial charge in [0.1, 0.15) is 5.82 Å². The molecule has 1 unspecified atom stereocenters. The predicted octanol–water partition coefficient (Wildman–Crippen LogP) is 3.60. The topological polar surface area (TPSA) is 71.8 Å². The van der Waals surface area contributed by atoms with E-state index in [4.69, 9.17) is 0 Å². The minimum atomic E-state index is -0.484. The van der Waals surface area contributed by atoms with Crippen molar-refractivity contribution in [2.24, 2.45) is 0 Å². The van der Waals surface area contributed by atoms with Crippen LogP contribution in [0.5, 0.6) is 0 Å². The van der Waals surface area contributed by atoms with Crippen molar-refractivity contribution in [3.05, 3.63) is 71.9 Å². The number of pyridine rings is 1. The lowest BCUT2D eigenvalue weighted by molar-refractivity contribution is 0.249. The number of benzene rings is 1. The van der Waals surface area contributed by atoms with Crippen LogP contribution >= 0.6 is 0 Å². The molecule has 0 bridgehead atoms. The summed E-state index contributed by atoms with van der Waals surface area (Å²) in [5, 5.41) is 9.63. The number of hydrogen-bond donors (Lipinski definition) is 2. The smallest absolute Gasteiger partial charge is 0.319 e. The number of carbonyl (C=O) groups excluding carboxylic acids is 1. The van der Waals surface area contributed by atoms with Crippen LogP contribution in [0.1, 0.15) is 24.2 Å². The summed E-state index contributed by atoms with van der Waals surface area (Å²) in [7, 11) is 0. The van der Waals surface area contributed by atoms with Gasteiger partial charge in [0.25, 0.3) is 0 Å². The van der Waals surface area contributed by atoms with Gasteiger partial charge in [0.05, 0.1) is 17.9 Å². The molecule has 0 aliphatic carbocycles. The van der Waals surface area contributed by atoms with Gasteiger partial charge in [-0.25, -0.2) is 18.9 Å². The zero-order valence-electron chi connectivity index (χ0n) is 13.9. The minimum absolute atomic E-state index is 0.133. The van der Waals surface area contributed by atoms with Crippen LogP contribution in [-0.4, -0.2) is 20.8 Å². The van der Waals surface area contributed by atoms with E-state index in [-0.39, 0.29) is 11.7 Å². The van der Waals surface area contributed by atoms with Crippen molar-refractivity contribution < 1.29 is 9.18 Å². The van der Waals surface area contributed by atoms with Gasteiger partial charge in [-0.3, -0.25) is 0 Å². The van der Waals surface area contributed by atoms with E-state index in [2.05, 4.69) is 20.7 Å². The summed E-state index contributed by atoms with van der Waals surface area (Å²) in [6.45, 7) is 3.75. The molecule has 2 aromatic heterocycles. The molecule has 0 saturated heterocycles. The quantitative estimate of drug-likeness (QED) is 0.763. The SMILES string of the molecule is Cc1c(C(C)NC(=O)Nc2ccccc2F)cnn1-c1ccccn1. The molecule has 0 spiro atoms. The number of halogens is 1. The van der Waals surface area contributed by atoms with Crippen LogP contribution in [-0.2, 0) is 0 Å². The summed E-state index contributed by atoms with van der Waals surface area (Å²) >= 11 is 0. The Kier molecular flexibility index (Phi) is 4.74. The third kappa shape index (κ3) is 3.65. The van der Waals surface area contributed by atoms with E-state index in [9.17, 15) is 9.18 Å². The summed E-state index contributed by atoms with van der Waals surface area (Å²) in [4.78, 5) is 16.4. The van der Waals surface area contributed by atoms with Crippen LogP contribution in [0, 0.1) is 12.7 Å². The van der Waals surface area contributed by atoms with E-state index < -0.39 is 11.8 Å². The highest BCUT2D eigenvalue weighted by Gasteiger charge is 2.17. The van der Waals surface area contributed by atoms with Crippen LogP contribution in [0.15, 0.2) is 54.9 Å². The molecule has 0 radical (unpaired) electrons. The number of hydrogen-bond acceptors (Lipinski definition) is 3. The molecular weight excluding hydrogens is 321 g/mol. The van der Waals surface area contributed by atoms with Gasteiger partial charge >= 0.3 is 6.03 Å². The number of carbonyl (C=O) groups is 1. The Balaban J connectivity index is 1.71. The number of anilines is 1. The molecule has 6 nitrogen and oxygen atoms in total. The van der Waals surface area contributed by atoms with E-state index in [0.29, 0.717) is 5.82 Å². The van der Waals surface area contributed by atoms with Crippen LogP contribution < -0.4 is 10.6 Å². The Morgan fingerprint density at radius 1 is 1.20 bits per heavy atom. The molecule has 0 aliphatic rings. The average molecular weight is 339 g/mol. The van der Waals surface area contributed by atoms with E-state index in [0.717, 1.165) is 11.3 Å². The van der Waals surface area contributed by atoms with E-state index >= 15 is 0 Å². The molecule has 3 rings (SSSR count). The molecule has 1 aromatic carbocycles. The first-order valence-electron chi connectivity index (χ1n) is 7.84. The lowest BCUT2D eigenvalue weighted by Crippen LogP contribution is -2.31. The van der Waals surface area contributed by atoms with Crippen molar-refractivity contribution in [3.63, 3.8) is 0 Å². The maximum Gasteiger partial charge on any atom is 0.319 e. The molecule has 2 heterocycles. The molecule has 0 aliphatic heterocycles. The van der Waals surface area contributed by atoms with Gasteiger partial charge in [0, 0.05) is 17.5 Å². The van der Waals surface area contributed by atoms with Gasteiger partial charge in [-0.15, -0.1) is 0 Å². The number of para-hydroxylation sites is 1. The van der Waals surface area contributed by atoms with E-state index in [1.807, 2.05) is 32.0 Å². The molecule has 0 saturated carbocycles. The average Bonchev–Trinajstić information content (AvgIpc) is 2.99. The molecule has 128 valence electrons. The number of amides is 2. The lowest BCUT2D eigenvalue weighted by Gasteiger charge is -2.15. The normalized spacial score (nSPS) is 11.8. The van der Waals surface area contributed by atoms with E-state index in [1.165, 1.54) is 12.1 Å². The Bertz CT molecular complexity index is 878. The van der Waals surface area contributed by atoms with Gasteiger partial charge in [0.2, 0.25) is 0 Å². The standard InChI is InChI=1S/C18H18FN5O/c1-12(22-18(25)23-16-8-4-3-7-15(16)19)14-11-21-24(13(14)2)17-9-5-6-10-20-17/h3-12H,1-2H3,(H2,22,23,25). The Morgan fingerprint density at radius 2 is 1.96 bits per heavy atom. The number of nitrogens with one attached hydrogen (secondary N) is 2. The second kappa shape index (κ2) is 7.12. The summed E-state index contributed by atoms with van der Waals surface area (Å²) in [6.07, 6.45) is 3.39. The molecule has 2 N–H and O–H groups in total. The highest BCUT2D eigenvalue weighted by Crippen LogP contribution is 2.19. The van der Waals surface area contributed by atoms with E-state index in [1.54, 1.807) is 29.2 Å². The zero-order valence-corrected chi connectivity index (χ0v) is 13.9. The molecule has 3 aromatic rings. The van der Waals surface area contributed by atoms with Crippen molar-refractivity contribution in [2.45, 2.75) is 19.9 Å². The van der Waals surface area contributed by atoms with Gasteiger partial charge < -0.3 is 10.6 Å². The van der Waals surface area contributed by atoms with Crippen LogP contribution in [0.3, 0.4) is 0 Å². The number of rotatable bonds is 4. The number of nitrogens with zero attached hydrogens (tertiary/aromatic N) is 3. The van der Waals surface area contributed by atoms with Crippen molar-refractivity contribution in [3.8, 4) is 5.82 Å².